The molecule has 0 fully saturated rings. The molecule has 0 bridgehead atoms. The van der Waals surface area contributed by atoms with Gasteiger partial charge in [0, 0.05) is 33.7 Å². The van der Waals surface area contributed by atoms with Crippen LogP contribution in [0.2, 0.25) is 0 Å². The third-order valence-electron chi connectivity index (χ3n) is 5.00. The van der Waals surface area contributed by atoms with E-state index in [1.54, 1.807) is 12.1 Å². The third kappa shape index (κ3) is 3.40. The molecule has 2 aromatic carbocycles. The zero-order valence-corrected chi connectivity index (χ0v) is 15.4. The van der Waals surface area contributed by atoms with Crippen LogP contribution in [0.15, 0.2) is 46.9 Å². The summed E-state index contributed by atoms with van der Waals surface area (Å²) in [6, 6.07) is 14.1. The molecule has 1 aliphatic rings. The average Bonchev–Trinajstić information content (AvgIpc) is 2.99. The quantitative estimate of drug-likeness (QED) is 0.511. The number of aromatic nitrogens is 1. The van der Waals surface area contributed by atoms with E-state index in [1.807, 2.05) is 12.1 Å². The highest BCUT2D eigenvalue weighted by Gasteiger charge is 2.24. The van der Waals surface area contributed by atoms with E-state index < -0.39 is 7.12 Å². The van der Waals surface area contributed by atoms with Gasteiger partial charge < -0.3 is 20.3 Å². The molecule has 4 rings (SSSR count). The van der Waals surface area contributed by atoms with Crippen LogP contribution in [-0.2, 0) is 13.0 Å². The Morgan fingerprint density at radius 2 is 1.96 bits per heavy atom. The first-order chi connectivity index (χ1) is 12.1. The lowest BCUT2D eigenvalue weighted by Crippen LogP contribution is -2.30. The third-order valence-corrected chi connectivity index (χ3v) is 5.49. The summed E-state index contributed by atoms with van der Waals surface area (Å²) < 4.78 is 1.11. The highest BCUT2D eigenvalue weighted by Crippen LogP contribution is 2.35. The van der Waals surface area contributed by atoms with Crippen molar-refractivity contribution in [2.24, 2.45) is 0 Å². The maximum Gasteiger partial charge on any atom is 0.488 e. The van der Waals surface area contributed by atoms with Crippen LogP contribution < -0.4 is 10.8 Å². The lowest BCUT2D eigenvalue weighted by molar-refractivity contribution is 0.425. The van der Waals surface area contributed by atoms with Crippen LogP contribution in [0, 0.1) is 0 Å². The summed E-state index contributed by atoms with van der Waals surface area (Å²) in [7, 11) is -1.41. The fourth-order valence-electron chi connectivity index (χ4n) is 3.69. The summed E-state index contributed by atoms with van der Waals surface area (Å²) in [5.41, 5.74) is 5.59. The minimum atomic E-state index is -1.41. The van der Waals surface area contributed by atoms with E-state index in [1.165, 1.54) is 28.6 Å². The highest BCUT2D eigenvalue weighted by atomic mass is 79.9. The molecule has 1 atom stereocenters. The summed E-state index contributed by atoms with van der Waals surface area (Å²) in [5, 5.41) is 23.3. The van der Waals surface area contributed by atoms with Crippen LogP contribution in [0.1, 0.15) is 35.7 Å². The molecular weight excluding hydrogens is 379 g/mol. The van der Waals surface area contributed by atoms with Gasteiger partial charge in [0.15, 0.2) is 0 Å². The van der Waals surface area contributed by atoms with Crippen LogP contribution in [0.25, 0.3) is 10.9 Å². The van der Waals surface area contributed by atoms with Crippen LogP contribution in [0.3, 0.4) is 0 Å². The van der Waals surface area contributed by atoms with Gasteiger partial charge in [-0.3, -0.25) is 0 Å². The molecule has 6 heteroatoms. The average molecular weight is 399 g/mol. The predicted molar refractivity (Wildman–Crippen MR) is 105 cm³/mol. The largest absolute Gasteiger partial charge is 0.488 e. The molecule has 1 aliphatic carbocycles. The number of H-pyrrole nitrogens is 1. The molecule has 0 spiro atoms. The van der Waals surface area contributed by atoms with Gasteiger partial charge in [-0.1, -0.05) is 40.2 Å². The Kier molecular flexibility index (Phi) is 4.69. The zero-order valence-electron chi connectivity index (χ0n) is 13.8. The van der Waals surface area contributed by atoms with E-state index in [4.69, 9.17) is 0 Å². The molecule has 0 saturated carbocycles. The number of rotatable bonds is 4. The van der Waals surface area contributed by atoms with Crippen molar-refractivity contribution in [1.82, 2.24) is 10.3 Å². The standard InChI is InChI=1S/C19H20BBrN2O2/c21-14-8-9-17-16(10-14)15-2-1-3-18(19(15)23-17)22-11-12-4-6-13(7-5-12)20(24)25/h4-10,18,22-25H,1-3,11H2/t18-/m1/s1. The maximum atomic E-state index is 9.18. The first-order valence-corrected chi connectivity index (χ1v) is 9.39. The van der Waals surface area contributed by atoms with Crippen LogP contribution in [-0.4, -0.2) is 22.2 Å². The van der Waals surface area contributed by atoms with Crippen molar-refractivity contribution >= 4 is 39.4 Å². The monoisotopic (exact) mass is 398 g/mol. The van der Waals surface area contributed by atoms with Gasteiger partial charge in [-0.2, -0.15) is 0 Å². The molecular formula is C19H20BBrN2O2. The Morgan fingerprint density at radius 1 is 1.16 bits per heavy atom. The molecule has 0 radical (unpaired) electrons. The van der Waals surface area contributed by atoms with Crippen molar-refractivity contribution in [3.05, 3.63) is 63.8 Å². The number of hydrogen-bond acceptors (Lipinski definition) is 3. The van der Waals surface area contributed by atoms with Crippen molar-refractivity contribution in [3.8, 4) is 0 Å². The van der Waals surface area contributed by atoms with Gasteiger partial charge in [-0.05, 0) is 54.1 Å². The summed E-state index contributed by atoms with van der Waals surface area (Å²) >= 11 is 3.57. The van der Waals surface area contributed by atoms with Gasteiger partial charge in [0.2, 0.25) is 0 Å². The van der Waals surface area contributed by atoms with Gasteiger partial charge in [0.1, 0.15) is 0 Å². The second-order valence-corrected chi connectivity index (χ2v) is 7.56. The van der Waals surface area contributed by atoms with E-state index in [9.17, 15) is 10.0 Å². The zero-order chi connectivity index (χ0) is 17.4. The molecule has 4 N–H and O–H groups in total. The normalized spacial score (nSPS) is 16.8. The molecule has 1 aromatic heterocycles. The second kappa shape index (κ2) is 6.96. The number of aromatic amines is 1. The number of halogens is 1. The van der Waals surface area contributed by atoms with E-state index >= 15 is 0 Å². The Labute approximate surface area is 155 Å². The fraction of sp³-hybridized carbons (Fsp3) is 0.263. The summed E-state index contributed by atoms with van der Waals surface area (Å²) in [4.78, 5) is 3.60. The Hall–Kier alpha value is -1.60. The number of nitrogens with one attached hydrogen (secondary N) is 2. The van der Waals surface area contributed by atoms with Gasteiger partial charge in [-0.25, -0.2) is 0 Å². The maximum absolute atomic E-state index is 9.18. The van der Waals surface area contributed by atoms with E-state index in [2.05, 4.69) is 44.4 Å². The molecule has 0 aliphatic heterocycles. The molecule has 0 amide bonds. The van der Waals surface area contributed by atoms with E-state index in [0.29, 0.717) is 11.5 Å². The van der Waals surface area contributed by atoms with Gasteiger partial charge >= 0.3 is 7.12 Å². The van der Waals surface area contributed by atoms with Crippen molar-refractivity contribution in [1.29, 1.82) is 0 Å². The number of hydrogen-bond donors (Lipinski definition) is 4. The smallest absolute Gasteiger partial charge is 0.423 e. The van der Waals surface area contributed by atoms with Crippen LogP contribution >= 0.6 is 15.9 Å². The van der Waals surface area contributed by atoms with Gasteiger partial charge in [0.05, 0.1) is 0 Å². The molecule has 128 valence electrons. The number of benzene rings is 2. The molecule has 4 nitrogen and oxygen atoms in total. The molecule has 0 saturated heterocycles. The van der Waals surface area contributed by atoms with Crippen molar-refractivity contribution < 1.29 is 10.0 Å². The summed E-state index contributed by atoms with van der Waals surface area (Å²) in [6.45, 7) is 0.755. The van der Waals surface area contributed by atoms with Crippen molar-refractivity contribution in [2.75, 3.05) is 0 Å². The lowest BCUT2D eigenvalue weighted by Gasteiger charge is -2.24. The van der Waals surface area contributed by atoms with E-state index in [0.717, 1.165) is 29.4 Å². The summed E-state index contributed by atoms with van der Waals surface area (Å²) in [6.07, 6.45) is 3.42. The van der Waals surface area contributed by atoms with Crippen LogP contribution in [0.4, 0.5) is 0 Å². The van der Waals surface area contributed by atoms with Gasteiger partial charge in [-0.15, -0.1) is 0 Å². The Morgan fingerprint density at radius 3 is 2.72 bits per heavy atom. The molecule has 25 heavy (non-hydrogen) atoms. The SMILES string of the molecule is OB(O)c1ccc(CN[C@@H]2CCCc3c2[nH]c2ccc(Br)cc32)cc1. The topological polar surface area (TPSA) is 68.3 Å². The Balaban J connectivity index is 1.54. The summed E-state index contributed by atoms with van der Waals surface area (Å²) in [5.74, 6) is 0. The lowest BCUT2D eigenvalue weighted by atomic mass is 9.80. The van der Waals surface area contributed by atoms with E-state index in [-0.39, 0.29) is 0 Å². The minimum absolute atomic E-state index is 0.318. The van der Waals surface area contributed by atoms with Crippen LogP contribution in [0.5, 0.6) is 0 Å². The second-order valence-electron chi connectivity index (χ2n) is 6.65. The predicted octanol–water partition coefficient (Wildman–Crippen LogP) is 2.78. The minimum Gasteiger partial charge on any atom is -0.423 e. The number of fused-ring (bicyclic) bond motifs is 3. The van der Waals surface area contributed by atoms with Crippen molar-refractivity contribution in [3.63, 3.8) is 0 Å². The molecule has 1 heterocycles. The fourth-order valence-corrected chi connectivity index (χ4v) is 4.05. The molecule has 3 aromatic rings. The Bertz CT molecular complexity index is 892. The highest BCUT2D eigenvalue weighted by molar-refractivity contribution is 9.10. The van der Waals surface area contributed by atoms with Gasteiger partial charge in [0.25, 0.3) is 0 Å². The first-order valence-electron chi connectivity index (χ1n) is 8.60. The van der Waals surface area contributed by atoms with Crippen molar-refractivity contribution in [2.45, 2.75) is 31.8 Å². The number of aryl methyl sites for hydroxylation is 1. The molecule has 0 unspecified atom stereocenters. The first kappa shape index (κ1) is 16.9.